The van der Waals surface area contributed by atoms with Gasteiger partial charge in [-0.2, -0.15) is 0 Å². The summed E-state index contributed by atoms with van der Waals surface area (Å²) in [7, 11) is 0. The van der Waals surface area contributed by atoms with E-state index in [1.807, 2.05) is 35.2 Å². The van der Waals surface area contributed by atoms with Crippen molar-refractivity contribution in [2.75, 3.05) is 13.1 Å². The minimum absolute atomic E-state index is 0. The van der Waals surface area contributed by atoms with Crippen LogP contribution in [0.15, 0.2) is 30.3 Å². The van der Waals surface area contributed by atoms with Crippen molar-refractivity contribution in [2.24, 2.45) is 17.6 Å². The summed E-state index contributed by atoms with van der Waals surface area (Å²) in [6.07, 6.45) is 5.35. The first kappa shape index (κ1) is 19.2. The van der Waals surface area contributed by atoms with Crippen molar-refractivity contribution in [1.82, 2.24) is 4.90 Å². The van der Waals surface area contributed by atoms with Gasteiger partial charge in [0, 0.05) is 18.5 Å². The molecule has 2 fully saturated rings. The molecule has 0 bridgehead atoms. The summed E-state index contributed by atoms with van der Waals surface area (Å²) in [5, 5.41) is 10.5. The highest BCUT2D eigenvalue weighted by Crippen LogP contribution is 2.35. The number of halogens is 1. The second-order valence-electron chi connectivity index (χ2n) is 7.02. The number of nitrogens with zero attached hydrogens (tertiary/aromatic N) is 1. The van der Waals surface area contributed by atoms with Crippen LogP contribution in [0.5, 0.6) is 0 Å². The van der Waals surface area contributed by atoms with E-state index in [2.05, 4.69) is 0 Å². The quantitative estimate of drug-likeness (QED) is 0.856. The van der Waals surface area contributed by atoms with Gasteiger partial charge in [0.15, 0.2) is 0 Å². The first-order valence-electron chi connectivity index (χ1n) is 8.94. The number of carbonyl (C=O) groups is 1. The van der Waals surface area contributed by atoms with Crippen molar-refractivity contribution in [3.63, 3.8) is 0 Å². The molecule has 1 saturated carbocycles. The van der Waals surface area contributed by atoms with Crippen molar-refractivity contribution < 1.29 is 9.90 Å². The van der Waals surface area contributed by atoms with Crippen LogP contribution in [0.25, 0.3) is 0 Å². The van der Waals surface area contributed by atoms with Crippen molar-refractivity contribution in [3.05, 3.63) is 35.9 Å². The maximum Gasteiger partial charge on any atom is 0.226 e. The number of hydrogen-bond acceptors (Lipinski definition) is 3. The Kier molecular flexibility index (Phi) is 7.08. The standard InChI is InChI=1S/C19H28N2O2.ClH/c20-13-15-8-4-10-17(15)19(23)21-11-5-9-16(21)12-18(22)14-6-2-1-3-7-14;/h1-3,6-7,15-18,22H,4-5,8-13,20H2;1H/t15-,16?,17-,18?;/m1./s1. The molecule has 3 rings (SSSR count). The van der Waals surface area contributed by atoms with Gasteiger partial charge in [0.2, 0.25) is 5.91 Å². The molecule has 0 radical (unpaired) electrons. The summed E-state index contributed by atoms with van der Waals surface area (Å²) < 4.78 is 0. The summed E-state index contributed by atoms with van der Waals surface area (Å²) >= 11 is 0. The van der Waals surface area contributed by atoms with E-state index in [0.717, 1.165) is 44.2 Å². The molecule has 1 heterocycles. The Morgan fingerprint density at radius 3 is 2.67 bits per heavy atom. The van der Waals surface area contributed by atoms with Crippen LogP contribution in [0.1, 0.15) is 50.2 Å². The van der Waals surface area contributed by atoms with E-state index in [9.17, 15) is 9.90 Å². The Balaban J connectivity index is 0.00000208. The number of nitrogens with two attached hydrogens (primary N) is 1. The van der Waals surface area contributed by atoms with Crippen molar-refractivity contribution >= 4 is 18.3 Å². The zero-order chi connectivity index (χ0) is 16.2. The molecule has 4 nitrogen and oxygen atoms in total. The number of likely N-dealkylation sites (tertiary alicyclic amines) is 1. The molecule has 5 heteroatoms. The zero-order valence-electron chi connectivity index (χ0n) is 14.1. The Morgan fingerprint density at radius 1 is 1.21 bits per heavy atom. The summed E-state index contributed by atoms with van der Waals surface area (Å²) in [5.74, 6) is 0.734. The highest BCUT2D eigenvalue weighted by molar-refractivity contribution is 5.85. The molecule has 0 spiro atoms. The summed E-state index contributed by atoms with van der Waals surface area (Å²) in [6.45, 7) is 1.44. The van der Waals surface area contributed by atoms with Gasteiger partial charge in [-0.1, -0.05) is 36.8 Å². The molecular formula is C19H29ClN2O2. The van der Waals surface area contributed by atoms with Gasteiger partial charge in [-0.15, -0.1) is 12.4 Å². The van der Waals surface area contributed by atoms with E-state index in [-0.39, 0.29) is 30.3 Å². The molecule has 3 N–H and O–H groups in total. The second-order valence-corrected chi connectivity index (χ2v) is 7.02. The van der Waals surface area contributed by atoms with Crippen molar-refractivity contribution in [3.8, 4) is 0 Å². The van der Waals surface area contributed by atoms with Crippen LogP contribution < -0.4 is 5.73 Å². The molecule has 1 aliphatic heterocycles. The molecular weight excluding hydrogens is 324 g/mol. The van der Waals surface area contributed by atoms with Crippen molar-refractivity contribution in [1.29, 1.82) is 0 Å². The zero-order valence-corrected chi connectivity index (χ0v) is 15.0. The lowest BCUT2D eigenvalue weighted by molar-refractivity contribution is -0.137. The molecule has 134 valence electrons. The lowest BCUT2D eigenvalue weighted by Gasteiger charge is -2.30. The van der Waals surface area contributed by atoms with E-state index in [4.69, 9.17) is 5.73 Å². The van der Waals surface area contributed by atoms with E-state index in [0.29, 0.717) is 18.9 Å². The average molecular weight is 353 g/mol. The lowest BCUT2D eigenvalue weighted by Crippen LogP contribution is -2.42. The van der Waals surface area contributed by atoms with Gasteiger partial charge in [-0.25, -0.2) is 0 Å². The molecule has 2 aliphatic rings. The average Bonchev–Trinajstić information content (AvgIpc) is 3.24. The van der Waals surface area contributed by atoms with E-state index in [1.54, 1.807) is 0 Å². The van der Waals surface area contributed by atoms with Crippen LogP contribution in [0.4, 0.5) is 0 Å². The highest BCUT2D eigenvalue weighted by Gasteiger charge is 2.39. The van der Waals surface area contributed by atoms with E-state index < -0.39 is 6.10 Å². The van der Waals surface area contributed by atoms with E-state index in [1.165, 1.54) is 0 Å². The minimum atomic E-state index is -0.497. The minimum Gasteiger partial charge on any atom is -0.388 e. The predicted octanol–water partition coefficient (Wildman–Crippen LogP) is 2.90. The number of hydrogen-bond donors (Lipinski definition) is 2. The molecule has 0 aromatic heterocycles. The first-order valence-corrected chi connectivity index (χ1v) is 8.94. The summed E-state index contributed by atoms with van der Waals surface area (Å²) in [4.78, 5) is 15.0. The van der Waals surface area contributed by atoms with Crippen LogP contribution in [0, 0.1) is 11.8 Å². The first-order chi connectivity index (χ1) is 11.2. The third kappa shape index (κ3) is 4.11. The normalized spacial score (nSPS) is 27.8. The Hall–Kier alpha value is -1.10. The number of rotatable bonds is 5. The lowest BCUT2D eigenvalue weighted by atomic mass is 9.93. The monoisotopic (exact) mass is 352 g/mol. The SMILES string of the molecule is Cl.NC[C@H]1CCC[C@H]1C(=O)N1CCCC1CC(O)c1ccccc1. The predicted molar refractivity (Wildman–Crippen MR) is 97.9 cm³/mol. The van der Waals surface area contributed by atoms with Gasteiger partial charge in [-0.05, 0) is 50.1 Å². The largest absolute Gasteiger partial charge is 0.388 e. The fraction of sp³-hybridized carbons (Fsp3) is 0.632. The topological polar surface area (TPSA) is 66.6 Å². The number of aliphatic hydroxyl groups excluding tert-OH is 1. The van der Waals surface area contributed by atoms with Crippen LogP contribution in [-0.2, 0) is 4.79 Å². The molecule has 1 saturated heterocycles. The van der Waals surface area contributed by atoms with Gasteiger partial charge in [0.05, 0.1) is 6.10 Å². The fourth-order valence-electron chi connectivity index (χ4n) is 4.30. The van der Waals surface area contributed by atoms with Crippen LogP contribution in [0.3, 0.4) is 0 Å². The molecule has 4 atom stereocenters. The number of carbonyl (C=O) groups excluding carboxylic acids is 1. The Labute approximate surface area is 150 Å². The maximum atomic E-state index is 12.9. The van der Waals surface area contributed by atoms with Gasteiger partial charge in [-0.3, -0.25) is 4.79 Å². The number of amides is 1. The summed E-state index contributed by atoms with van der Waals surface area (Å²) in [6, 6.07) is 9.91. The van der Waals surface area contributed by atoms with Crippen LogP contribution >= 0.6 is 12.4 Å². The second kappa shape index (κ2) is 8.84. The molecule has 1 amide bonds. The van der Waals surface area contributed by atoms with Crippen LogP contribution in [0.2, 0.25) is 0 Å². The van der Waals surface area contributed by atoms with Gasteiger partial charge in [0.1, 0.15) is 0 Å². The number of benzene rings is 1. The van der Waals surface area contributed by atoms with Crippen LogP contribution in [-0.4, -0.2) is 35.0 Å². The smallest absolute Gasteiger partial charge is 0.226 e. The Bertz CT molecular complexity index is 525. The molecule has 1 aromatic rings. The third-order valence-electron chi connectivity index (χ3n) is 5.62. The van der Waals surface area contributed by atoms with Crippen molar-refractivity contribution in [2.45, 2.75) is 50.7 Å². The fourth-order valence-corrected chi connectivity index (χ4v) is 4.30. The maximum absolute atomic E-state index is 12.9. The molecule has 2 unspecified atom stereocenters. The van der Waals surface area contributed by atoms with Gasteiger partial charge in [0.25, 0.3) is 0 Å². The van der Waals surface area contributed by atoms with Gasteiger partial charge < -0.3 is 15.7 Å². The summed E-state index contributed by atoms with van der Waals surface area (Å²) in [5.41, 5.74) is 6.78. The molecule has 1 aliphatic carbocycles. The molecule has 24 heavy (non-hydrogen) atoms. The third-order valence-corrected chi connectivity index (χ3v) is 5.62. The van der Waals surface area contributed by atoms with Gasteiger partial charge >= 0.3 is 0 Å². The highest BCUT2D eigenvalue weighted by atomic mass is 35.5. The Morgan fingerprint density at radius 2 is 1.96 bits per heavy atom. The van der Waals surface area contributed by atoms with E-state index >= 15 is 0 Å². The molecule has 1 aromatic carbocycles. The number of aliphatic hydroxyl groups is 1.